The van der Waals surface area contributed by atoms with Crippen LogP contribution in [0.15, 0.2) is 18.3 Å². The van der Waals surface area contributed by atoms with Crippen LogP contribution in [-0.2, 0) is 0 Å². The standard InChI is InChI=1S/C10H15N4/c11-8-4-5-10(13-7-8)14-6-2-1-3-9(14)12/h2,4-5,7,9H,1,3,6,11-12H2. The molecule has 1 aliphatic heterocycles. The van der Waals surface area contributed by atoms with E-state index < -0.39 is 0 Å². The van der Waals surface area contributed by atoms with E-state index in [9.17, 15) is 0 Å². The van der Waals surface area contributed by atoms with E-state index in [2.05, 4.69) is 16.3 Å². The average molecular weight is 191 g/mol. The van der Waals surface area contributed by atoms with Crippen LogP contribution in [0.2, 0.25) is 0 Å². The molecule has 4 N–H and O–H groups in total. The first-order valence-electron chi connectivity index (χ1n) is 4.83. The van der Waals surface area contributed by atoms with Crippen molar-refractivity contribution in [2.75, 3.05) is 17.2 Å². The highest BCUT2D eigenvalue weighted by Gasteiger charge is 2.19. The lowest BCUT2D eigenvalue weighted by molar-refractivity contribution is 0.524. The largest absolute Gasteiger partial charge is 0.397 e. The van der Waals surface area contributed by atoms with Crippen LogP contribution in [0.25, 0.3) is 0 Å². The molecule has 0 amide bonds. The summed E-state index contributed by atoms with van der Waals surface area (Å²) in [4.78, 5) is 6.34. The summed E-state index contributed by atoms with van der Waals surface area (Å²) >= 11 is 0. The second-order valence-corrected chi connectivity index (χ2v) is 3.54. The first-order valence-corrected chi connectivity index (χ1v) is 4.83. The van der Waals surface area contributed by atoms with Crippen LogP contribution in [0, 0.1) is 6.42 Å². The molecule has 1 saturated heterocycles. The Hall–Kier alpha value is -1.29. The van der Waals surface area contributed by atoms with Crippen LogP contribution in [-0.4, -0.2) is 17.7 Å². The maximum atomic E-state index is 5.98. The van der Waals surface area contributed by atoms with Gasteiger partial charge in [-0.25, -0.2) is 4.98 Å². The number of nitrogens with zero attached hydrogens (tertiary/aromatic N) is 2. The quantitative estimate of drug-likeness (QED) is 0.687. The van der Waals surface area contributed by atoms with Crippen molar-refractivity contribution in [3.63, 3.8) is 0 Å². The van der Waals surface area contributed by atoms with Crippen molar-refractivity contribution < 1.29 is 0 Å². The number of pyridine rings is 1. The molecule has 14 heavy (non-hydrogen) atoms. The monoisotopic (exact) mass is 191 g/mol. The number of rotatable bonds is 1. The van der Waals surface area contributed by atoms with Gasteiger partial charge in [-0.3, -0.25) is 0 Å². The normalized spacial score (nSPS) is 22.4. The Balaban J connectivity index is 2.16. The van der Waals surface area contributed by atoms with E-state index in [0.717, 1.165) is 25.2 Å². The van der Waals surface area contributed by atoms with Gasteiger partial charge in [0.05, 0.1) is 18.1 Å². The van der Waals surface area contributed by atoms with Gasteiger partial charge in [0.25, 0.3) is 0 Å². The van der Waals surface area contributed by atoms with Gasteiger partial charge in [-0.2, -0.15) is 0 Å². The lowest BCUT2D eigenvalue weighted by Crippen LogP contribution is -2.46. The van der Waals surface area contributed by atoms with E-state index in [1.165, 1.54) is 0 Å². The second-order valence-electron chi connectivity index (χ2n) is 3.54. The number of nitrogen functional groups attached to an aromatic ring is 1. The summed E-state index contributed by atoms with van der Waals surface area (Å²) in [6.45, 7) is 0.873. The smallest absolute Gasteiger partial charge is 0.129 e. The van der Waals surface area contributed by atoms with Crippen LogP contribution in [0.3, 0.4) is 0 Å². The molecular formula is C10H15N4. The average Bonchev–Trinajstić information content (AvgIpc) is 2.20. The maximum Gasteiger partial charge on any atom is 0.129 e. The molecule has 0 bridgehead atoms. The summed E-state index contributed by atoms with van der Waals surface area (Å²) in [7, 11) is 0. The molecule has 0 spiro atoms. The van der Waals surface area contributed by atoms with Crippen molar-refractivity contribution in [1.82, 2.24) is 4.98 Å². The molecule has 0 aliphatic carbocycles. The third-order valence-electron chi connectivity index (χ3n) is 2.46. The first kappa shape index (κ1) is 9.27. The molecule has 75 valence electrons. The summed E-state index contributed by atoms with van der Waals surface area (Å²) in [6.07, 6.45) is 6.05. The van der Waals surface area contributed by atoms with E-state index in [4.69, 9.17) is 11.5 Å². The Morgan fingerprint density at radius 3 is 2.93 bits per heavy atom. The van der Waals surface area contributed by atoms with Crippen molar-refractivity contribution in [3.05, 3.63) is 24.8 Å². The minimum Gasteiger partial charge on any atom is -0.397 e. The molecule has 1 aromatic heterocycles. The molecule has 1 aromatic rings. The predicted octanol–water partition coefficient (Wildman–Crippen LogP) is 0.753. The van der Waals surface area contributed by atoms with Gasteiger partial charge in [0.2, 0.25) is 0 Å². The number of hydrogen-bond donors (Lipinski definition) is 2. The number of nitrogens with two attached hydrogens (primary N) is 2. The summed E-state index contributed by atoms with van der Waals surface area (Å²) in [6, 6.07) is 3.76. The highest BCUT2D eigenvalue weighted by atomic mass is 15.3. The molecule has 4 nitrogen and oxygen atoms in total. The maximum absolute atomic E-state index is 5.98. The van der Waals surface area contributed by atoms with Crippen molar-refractivity contribution in [3.8, 4) is 0 Å². The fraction of sp³-hybridized carbons (Fsp3) is 0.400. The molecule has 4 heteroatoms. The van der Waals surface area contributed by atoms with Crippen molar-refractivity contribution in [2.45, 2.75) is 19.0 Å². The highest BCUT2D eigenvalue weighted by Crippen LogP contribution is 2.20. The third kappa shape index (κ3) is 1.80. The summed E-state index contributed by atoms with van der Waals surface area (Å²) in [5.74, 6) is 0.905. The van der Waals surface area contributed by atoms with Gasteiger partial charge >= 0.3 is 0 Å². The Labute approximate surface area is 83.9 Å². The fourth-order valence-corrected chi connectivity index (χ4v) is 1.64. The van der Waals surface area contributed by atoms with Gasteiger partial charge in [-0.1, -0.05) is 0 Å². The lowest BCUT2D eigenvalue weighted by Gasteiger charge is -2.33. The Morgan fingerprint density at radius 1 is 1.43 bits per heavy atom. The van der Waals surface area contributed by atoms with Gasteiger partial charge in [0.1, 0.15) is 5.82 Å². The Bertz CT molecular complexity index is 295. The summed E-state index contributed by atoms with van der Waals surface area (Å²) in [5, 5.41) is 0. The van der Waals surface area contributed by atoms with Crippen molar-refractivity contribution in [1.29, 1.82) is 0 Å². The molecule has 1 fully saturated rings. The van der Waals surface area contributed by atoms with E-state index in [0.29, 0.717) is 5.69 Å². The van der Waals surface area contributed by atoms with E-state index in [1.54, 1.807) is 6.20 Å². The van der Waals surface area contributed by atoms with Crippen LogP contribution < -0.4 is 16.4 Å². The highest BCUT2D eigenvalue weighted by molar-refractivity contribution is 5.47. The van der Waals surface area contributed by atoms with Gasteiger partial charge < -0.3 is 16.4 Å². The Kier molecular flexibility index (Phi) is 2.54. The van der Waals surface area contributed by atoms with E-state index in [-0.39, 0.29) is 6.17 Å². The first-order chi connectivity index (χ1) is 6.77. The molecule has 1 atom stereocenters. The lowest BCUT2D eigenvalue weighted by atomic mass is 10.1. The molecule has 1 radical (unpaired) electrons. The Morgan fingerprint density at radius 2 is 2.29 bits per heavy atom. The van der Waals surface area contributed by atoms with Crippen LogP contribution >= 0.6 is 0 Å². The zero-order valence-electron chi connectivity index (χ0n) is 8.06. The summed E-state index contributed by atoms with van der Waals surface area (Å²) < 4.78 is 0. The van der Waals surface area contributed by atoms with Crippen LogP contribution in [0.5, 0.6) is 0 Å². The molecule has 1 unspecified atom stereocenters. The number of aromatic nitrogens is 1. The van der Waals surface area contributed by atoms with Gasteiger partial charge in [0.15, 0.2) is 0 Å². The molecule has 0 aromatic carbocycles. The minimum absolute atomic E-state index is 0.0797. The predicted molar refractivity (Wildman–Crippen MR) is 57.5 cm³/mol. The SMILES string of the molecule is Nc1ccc(N2C[CH]CCC2N)nc1. The molecule has 1 aliphatic rings. The number of hydrogen-bond acceptors (Lipinski definition) is 4. The summed E-state index contributed by atoms with van der Waals surface area (Å²) in [5.41, 5.74) is 12.2. The van der Waals surface area contributed by atoms with E-state index >= 15 is 0 Å². The van der Waals surface area contributed by atoms with Gasteiger partial charge in [0, 0.05) is 6.54 Å². The zero-order valence-corrected chi connectivity index (χ0v) is 8.06. The minimum atomic E-state index is 0.0797. The van der Waals surface area contributed by atoms with Crippen LogP contribution in [0.1, 0.15) is 12.8 Å². The zero-order chi connectivity index (χ0) is 9.97. The number of piperidine rings is 1. The molecule has 0 saturated carbocycles. The van der Waals surface area contributed by atoms with Crippen molar-refractivity contribution >= 4 is 11.5 Å². The third-order valence-corrected chi connectivity index (χ3v) is 2.46. The number of anilines is 2. The van der Waals surface area contributed by atoms with Gasteiger partial charge in [-0.05, 0) is 31.4 Å². The fourth-order valence-electron chi connectivity index (χ4n) is 1.64. The van der Waals surface area contributed by atoms with E-state index in [1.807, 2.05) is 12.1 Å². The second kappa shape index (κ2) is 3.84. The molecular weight excluding hydrogens is 176 g/mol. The van der Waals surface area contributed by atoms with Crippen LogP contribution in [0.4, 0.5) is 11.5 Å². The molecule has 2 rings (SSSR count). The van der Waals surface area contributed by atoms with Gasteiger partial charge in [-0.15, -0.1) is 0 Å². The topological polar surface area (TPSA) is 68.2 Å². The molecule has 2 heterocycles. The van der Waals surface area contributed by atoms with Crippen molar-refractivity contribution in [2.24, 2.45) is 5.73 Å².